The Bertz CT molecular complexity index is 198. The van der Waals surface area contributed by atoms with Gasteiger partial charge in [-0.3, -0.25) is 4.90 Å². The minimum atomic E-state index is 0.313. The summed E-state index contributed by atoms with van der Waals surface area (Å²) in [6.45, 7) is 11.3. The molecule has 1 aliphatic heterocycles. The number of hydrogen-bond acceptors (Lipinski definition) is 3. The molecular formula is C13H28N2O. The Labute approximate surface area is 101 Å². The number of rotatable bonds is 6. The van der Waals surface area contributed by atoms with Crippen molar-refractivity contribution >= 4 is 0 Å². The van der Waals surface area contributed by atoms with E-state index in [9.17, 15) is 0 Å². The van der Waals surface area contributed by atoms with Crippen molar-refractivity contribution in [3.63, 3.8) is 0 Å². The molecule has 0 radical (unpaired) electrons. The highest BCUT2D eigenvalue weighted by Gasteiger charge is 2.31. The van der Waals surface area contributed by atoms with E-state index in [-0.39, 0.29) is 0 Å². The van der Waals surface area contributed by atoms with Crippen LogP contribution in [0.2, 0.25) is 0 Å². The van der Waals surface area contributed by atoms with Crippen molar-refractivity contribution < 1.29 is 4.74 Å². The average molecular weight is 228 g/mol. The first-order chi connectivity index (χ1) is 7.61. The molecule has 16 heavy (non-hydrogen) atoms. The summed E-state index contributed by atoms with van der Waals surface area (Å²) >= 11 is 0. The summed E-state index contributed by atoms with van der Waals surface area (Å²) in [5.41, 5.74) is 0.313. The van der Waals surface area contributed by atoms with Gasteiger partial charge in [-0.1, -0.05) is 6.92 Å². The van der Waals surface area contributed by atoms with Gasteiger partial charge in [0.25, 0.3) is 0 Å². The maximum Gasteiger partial charge on any atom is 0.0462 e. The third-order valence-electron chi connectivity index (χ3n) is 3.82. The topological polar surface area (TPSA) is 24.5 Å². The second-order valence-corrected chi connectivity index (χ2v) is 5.31. The third kappa shape index (κ3) is 4.04. The maximum atomic E-state index is 5.09. The van der Waals surface area contributed by atoms with E-state index in [0.717, 1.165) is 13.2 Å². The lowest BCUT2D eigenvalue weighted by Gasteiger charge is -2.45. The average Bonchev–Trinajstić information content (AvgIpc) is 2.29. The molecule has 3 heteroatoms. The molecule has 0 aliphatic carbocycles. The van der Waals surface area contributed by atoms with Crippen LogP contribution in [0.4, 0.5) is 0 Å². The van der Waals surface area contributed by atoms with Crippen molar-refractivity contribution in [1.29, 1.82) is 0 Å². The molecule has 1 fully saturated rings. The largest absolute Gasteiger partial charge is 0.385 e. The summed E-state index contributed by atoms with van der Waals surface area (Å²) in [6.07, 6.45) is 3.63. The Morgan fingerprint density at radius 1 is 1.44 bits per heavy atom. The molecule has 0 aromatic rings. The van der Waals surface area contributed by atoms with Gasteiger partial charge in [-0.05, 0) is 39.7 Å². The summed E-state index contributed by atoms with van der Waals surface area (Å²) in [6, 6.07) is 0.669. The van der Waals surface area contributed by atoms with Crippen LogP contribution >= 0.6 is 0 Å². The van der Waals surface area contributed by atoms with Crippen LogP contribution in [0.3, 0.4) is 0 Å². The van der Waals surface area contributed by atoms with Crippen LogP contribution in [0.25, 0.3) is 0 Å². The Hall–Kier alpha value is -0.120. The van der Waals surface area contributed by atoms with Crippen LogP contribution in [-0.2, 0) is 4.74 Å². The molecule has 1 aliphatic rings. The highest BCUT2D eigenvalue weighted by Crippen LogP contribution is 2.18. The molecule has 1 rings (SSSR count). The Morgan fingerprint density at radius 2 is 2.19 bits per heavy atom. The number of methoxy groups -OCH3 is 1. The maximum absolute atomic E-state index is 5.09. The molecule has 2 atom stereocenters. The molecule has 0 saturated carbocycles. The first-order valence-electron chi connectivity index (χ1n) is 6.59. The first kappa shape index (κ1) is 13.9. The van der Waals surface area contributed by atoms with Gasteiger partial charge in [0.2, 0.25) is 0 Å². The molecule has 0 aromatic heterocycles. The van der Waals surface area contributed by atoms with Crippen molar-refractivity contribution in [3.05, 3.63) is 0 Å². The first-order valence-corrected chi connectivity index (χ1v) is 6.59. The van der Waals surface area contributed by atoms with E-state index in [2.05, 4.69) is 31.0 Å². The molecule has 0 amide bonds. The van der Waals surface area contributed by atoms with Gasteiger partial charge in [-0.25, -0.2) is 0 Å². The number of piperazine rings is 1. The van der Waals surface area contributed by atoms with Crippen LogP contribution in [0.15, 0.2) is 0 Å². The highest BCUT2D eigenvalue weighted by atomic mass is 16.5. The lowest BCUT2D eigenvalue weighted by Crippen LogP contribution is -2.61. The van der Waals surface area contributed by atoms with Crippen LogP contribution in [0.5, 0.6) is 0 Å². The number of nitrogens with one attached hydrogen (secondary N) is 1. The molecule has 2 unspecified atom stereocenters. The van der Waals surface area contributed by atoms with Crippen LogP contribution in [0.1, 0.15) is 40.0 Å². The fraction of sp³-hybridized carbons (Fsp3) is 1.00. The third-order valence-corrected chi connectivity index (χ3v) is 3.82. The van der Waals surface area contributed by atoms with Gasteiger partial charge in [0, 0.05) is 38.4 Å². The smallest absolute Gasteiger partial charge is 0.0462 e. The second kappa shape index (κ2) is 6.58. The molecule has 0 aromatic carbocycles. The normalized spacial score (nSPS) is 31.9. The SMILES string of the molecule is CCC1(C)CN(CCCCOC)C(C)CN1. The number of hydrogen-bond donors (Lipinski definition) is 1. The molecule has 1 heterocycles. The van der Waals surface area contributed by atoms with Crippen LogP contribution in [-0.4, -0.2) is 49.8 Å². The summed E-state index contributed by atoms with van der Waals surface area (Å²) < 4.78 is 5.09. The van der Waals surface area contributed by atoms with Crippen LogP contribution in [0, 0.1) is 0 Å². The molecule has 3 nitrogen and oxygen atoms in total. The van der Waals surface area contributed by atoms with Crippen molar-refractivity contribution in [3.8, 4) is 0 Å². The standard InChI is InChI=1S/C13H28N2O/c1-5-13(3)11-15(12(2)10-14-13)8-6-7-9-16-4/h12,14H,5-11H2,1-4H3. The van der Waals surface area contributed by atoms with Crippen molar-refractivity contribution in [2.24, 2.45) is 0 Å². The minimum absolute atomic E-state index is 0.313. The monoisotopic (exact) mass is 228 g/mol. The van der Waals surface area contributed by atoms with Gasteiger partial charge in [-0.15, -0.1) is 0 Å². The molecule has 0 spiro atoms. The van der Waals surface area contributed by atoms with Gasteiger partial charge in [0.1, 0.15) is 0 Å². The van der Waals surface area contributed by atoms with E-state index in [4.69, 9.17) is 4.74 Å². The summed E-state index contributed by atoms with van der Waals surface area (Å²) in [5, 5.41) is 3.66. The predicted molar refractivity (Wildman–Crippen MR) is 68.8 cm³/mol. The summed E-state index contributed by atoms with van der Waals surface area (Å²) in [7, 11) is 1.78. The van der Waals surface area contributed by atoms with E-state index in [1.54, 1.807) is 7.11 Å². The zero-order chi connectivity index (χ0) is 12.0. The number of unbranched alkanes of at least 4 members (excludes halogenated alkanes) is 1. The molecule has 96 valence electrons. The van der Waals surface area contributed by atoms with Gasteiger partial charge in [-0.2, -0.15) is 0 Å². The van der Waals surface area contributed by atoms with Crippen molar-refractivity contribution in [2.45, 2.75) is 51.6 Å². The van der Waals surface area contributed by atoms with Gasteiger partial charge >= 0.3 is 0 Å². The van der Waals surface area contributed by atoms with Crippen molar-refractivity contribution in [1.82, 2.24) is 10.2 Å². The Kier molecular flexibility index (Phi) is 5.73. The zero-order valence-corrected chi connectivity index (χ0v) is 11.4. The number of ether oxygens (including phenoxy) is 1. The fourth-order valence-corrected chi connectivity index (χ4v) is 2.28. The van der Waals surface area contributed by atoms with E-state index in [0.29, 0.717) is 11.6 Å². The minimum Gasteiger partial charge on any atom is -0.385 e. The van der Waals surface area contributed by atoms with Crippen LogP contribution < -0.4 is 5.32 Å². The van der Waals surface area contributed by atoms with E-state index in [1.165, 1.54) is 32.4 Å². The number of nitrogens with zero attached hydrogens (tertiary/aromatic N) is 1. The lowest BCUT2D eigenvalue weighted by atomic mass is 9.93. The summed E-state index contributed by atoms with van der Waals surface area (Å²) in [4.78, 5) is 2.62. The fourth-order valence-electron chi connectivity index (χ4n) is 2.28. The molecule has 1 saturated heterocycles. The molecular weight excluding hydrogens is 200 g/mol. The van der Waals surface area contributed by atoms with Gasteiger partial charge in [0.05, 0.1) is 0 Å². The molecule has 1 N–H and O–H groups in total. The van der Waals surface area contributed by atoms with E-state index >= 15 is 0 Å². The van der Waals surface area contributed by atoms with Gasteiger partial charge in [0.15, 0.2) is 0 Å². The highest BCUT2D eigenvalue weighted by molar-refractivity contribution is 4.92. The van der Waals surface area contributed by atoms with Gasteiger partial charge < -0.3 is 10.1 Å². The summed E-state index contributed by atoms with van der Waals surface area (Å²) in [5.74, 6) is 0. The van der Waals surface area contributed by atoms with E-state index in [1.807, 2.05) is 0 Å². The quantitative estimate of drug-likeness (QED) is 0.703. The Balaban J connectivity index is 2.32. The van der Waals surface area contributed by atoms with Crippen molar-refractivity contribution in [2.75, 3.05) is 33.4 Å². The predicted octanol–water partition coefficient (Wildman–Crippen LogP) is 1.88. The second-order valence-electron chi connectivity index (χ2n) is 5.31. The zero-order valence-electron chi connectivity index (χ0n) is 11.4. The van der Waals surface area contributed by atoms with E-state index < -0.39 is 0 Å². The lowest BCUT2D eigenvalue weighted by molar-refractivity contribution is 0.0883. The Morgan fingerprint density at radius 3 is 2.81 bits per heavy atom. The molecule has 0 bridgehead atoms.